The maximum Gasteiger partial charge on any atom is 0.311 e. The van der Waals surface area contributed by atoms with Crippen LogP contribution in [0.15, 0.2) is 12.1 Å². The van der Waals surface area contributed by atoms with Gasteiger partial charge in [-0.05, 0) is 18.9 Å². The zero-order chi connectivity index (χ0) is 13.4. The van der Waals surface area contributed by atoms with Crippen LogP contribution in [0.2, 0.25) is 0 Å². The molecule has 7 heteroatoms. The van der Waals surface area contributed by atoms with Crippen LogP contribution in [0.25, 0.3) is 0 Å². The Bertz CT molecular complexity index is 398. The molecule has 0 radical (unpaired) electrons. The Morgan fingerprint density at radius 2 is 2.06 bits per heavy atom. The molecule has 7 nitrogen and oxygen atoms in total. The number of nitro groups is 1. The average molecular weight is 254 g/mol. The van der Waals surface area contributed by atoms with Crippen molar-refractivity contribution >= 4 is 17.3 Å². The van der Waals surface area contributed by atoms with Gasteiger partial charge in [-0.3, -0.25) is 10.1 Å². The number of nitrogens with zero attached hydrogens (tertiary/aromatic N) is 2. The van der Waals surface area contributed by atoms with Crippen molar-refractivity contribution < 1.29 is 10.0 Å². The summed E-state index contributed by atoms with van der Waals surface area (Å²) in [6.07, 6.45) is 3.57. The fraction of sp³-hybridized carbons (Fsp3) is 0.545. The summed E-state index contributed by atoms with van der Waals surface area (Å²) in [6.45, 7) is 0.804. The summed E-state index contributed by atoms with van der Waals surface area (Å²) in [5.41, 5.74) is 5.43. The number of hydrogen-bond acceptors (Lipinski definition) is 6. The molecule has 0 saturated carbocycles. The van der Waals surface area contributed by atoms with E-state index in [1.807, 2.05) is 0 Å². The zero-order valence-corrected chi connectivity index (χ0v) is 10.1. The van der Waals surface area contributed by atoms with Crippen LogP contribution in [-0.4, -0.2) is 28.2 Å². The summed E-state index contributed by atoms with van der Waals surface area (Å²) >= 11 is 0. The Morgan fingerprint density at radius 3 is 2.72 bits per heavy atom. The molecule has 100 valence electrons. The summed E-state index contributed by atoms with van der Waals surface area (Å²) in [7, 11) is 0. The fourth-order valence-corrected chi connectivity index (χ4v) is 1.54. The molecule has 1 aromatic heterocycles. The second-order valence-electron chi connectivity index (χ2n) is 3.93. The Balaban J connectivity index is 2.45. The number of nitrogens with two attached hydrogens (primary N) is 1. The van der Waals surface area contributed by atoms with E-state index in [2.05, 4.69) is 10.3 Å². The molecule has 0 aliphatic heterocycles. The van der Waals surface area contributed by atoms with Crippen molar-refractivity contribution in [2.45, 2.75) is 25.7 Å². The first-order valence-electron chi connectivity index (χ1n) is 5.91. The van der Waals surface area contributed by atoms with E-state index in [1.54, 1.807) is 0 Å². The monoisotopic (exact) mass is 254 g/mol. The van der Waals surface area contributed by atoms with Crippen LogP contribution < -0.4 is 11.1 Å². The molecule has 1 heterocycles. The van der Waals surface area contributed by atoms with E-state index in [1.165, 1.54) is 12.1 Å². The number of pyridine rings is 1. The molecular formula is C11H18N4O3. The van der Waals surface area contributed by atoms with E-state index in [0.717, 1.165) is 25.7 Å². The standard InChI is InChI=1S/C11H18N4O3/c12-10-6-5-9(15(17)18)11(14-10)13-7-3-1-2-4-8-16/h5-6,16H,1-4,7-8H2,(H3,12,13,14). The fourth-order valence-electron chi connectivity index (χ4n) is 1.54. The number of unbranched alkanes of at least 4 members (excludes halogenated alkanes) is 3. The molecule has 18 heavy (non-hydrogen) atoms. The van der Waals surface area contributed by atoms with Crippen molar-refractivity contribution in [3.8, 4) is 0 Å². The van der Waals surface area contributed by atoms with Gasteiger partial charge in [0.2, 0.25) is 5.82 Å². The number of hydrogen-bond donors (Lipinski definition) is 3. The minimum atomic E-state index is -0.486. The Morgan fingerprint density at radius 1 is 1.33 bits per heavy atom. The quantitative estimate of drug-likeness (QED) is 0.368. The van der Waals surface area contributed by atoms with E-state index >= 15 is 0 Å². The molecule has 0 fully saturated rings. The molecule has 0 atom stereocenters. The van der Waals surface area contributed by atoms with Gasteiger partial charge in [0.05, 0.1) is 4.92 Å². The predicted molar refractivity (Wildman–Crippen MR) is 69.3 cm³/mol. The third-order valence-corrected chi connectivity index (χ3v) is 2.47. The molecule has 0 aliphatic rings. The molecule has 4 N–H and O–H groups in total. The van der Waals surface area contributed by atoms with Crippen LogP contribution in [0.5, 0.6) is 0 Å². The number of aliphatic hydroxyl groups is 1. The maximum absolute atomic E-state index is 10.8. The summed E-state index contributed by atoms with van der Waals surface area (Å²) in [5.74, 6) is 0.463. The van der Waals surface area contributed by atoms with E-state index < -0.39 is 4.92 Å². The van der Waals surface area contributed by atoms with Crippen molar-refractivity contribution in [3.63, 3.8) is 0 Å². The van der Waals surface area contributed by atoms with E-state index in [-0.39, 0.29) is 23.9 Å². The third-order valence-electron chi connectivity index (χ3n) is 2.47. The van der Waals surface area contributed by atoms with Gasteiger partial charge in [-0.15, -0.1) is 0 Å². The van der Waals surface area contributed by atoms with Crippen LogP contribution >= 0.6 is 0 Å². The lowest BCUT2D eigenvalue weighted by Crippen LogP contribution is -2.07. The first kappa shape index (κ1) is 14.2. The van der Waals surface area contributed by atoms with Gasteiger partial charge in [-0.2, -0.15) is 0 Å². The second kappa shape index (κ2) is 7.44. The molecule has 1 aromatic rings. The summed E-state index contributed by atoms with van der Waals surface area (Å²) in [4.78, 5) is 14.2. The lowest BCUT2D eigenvalue weighted by Gasteiger charge is -2.06. The smallest absolute Gasteiger partial charge is 0.311 e. The maximum atomic E-state index is 10.8. The van der Waals surface area contributed by atoms with Gasteiger partial charge in [0.15, 0.2) is 0 Å². The largest absolute Gasteiger partial charge is 0.396 e. The third kappa shape index (κ3) is 4.54. The Hall–Kier alpha value is -1.89. The number of nitrogen functional groups attached to an aromatic ring is 1. The van der Waals surface area contributed by atoms with Gasteiger partial charge < -0.3 is 16.2 Å². The van der Waals surface area contributed by atoms with E-state index in [9.17, 15) is 10.1 Å². The van der Waals surface area contributed by atoms with E-state index in [4.69, 9.17) is 10.8 Å². The molecule has 0 spiro atoms. The second-order valence-corrected chi connectivity index (χ2v) is 3.93. The van der Waals surface area contributed by atoms with Crippen molar-refractivity contribution in [1.82, 2.24) is 4.98 Å². The van der Waals surface area contributed by atoms with Crippen molar-refractivity contribution in [2.75, 3.05) is 24.2 Å². The minimum Gasteiger partial charge on any atom is -0.396 e. The highest BCUT2D eigenvalue weighted by Crippen LogP contribution is 2.22. The Labute approximate surface area is 105 Å². The van der Waals surface area contributed by atoms with Crippen LogP contribution in [0.1, 0.15) is 25.7 Å². The van der Waals surface area contributed by atoms with Gasteiger partial charge in [0, 0.05) is 19.2 Å². The molecule has 0 aliphatic carbocycles. The average Bonchev–Trinajstić information content (AvgIpc) is 2.33. The van der Waals surface area contributed by atoms with Crippen molar-refractivity contribution in [1.29, 1.82) is 0 Å². The van der Waals surface area contributed by atoms with Crippen LogP contribution in [-0.2, 0) is 0 Å². The number of aromatic nitrogens is 1. The lowest BCUT2D eigenvalue weighted by molar-refractivity contribution is -0.384. The summed E-state index contributed by atoms with van der Waals surface area (Å²) in [6, 6.07) is 2.75. The van der Waals surface area contributed by atoms with Crippen LogP contribution in [0, 0.1) is 10.1 Å². The first-order chi connectivity index (χ1) is 8.65. The highest BCUT2D eigenvalue weighted by Gasteiger charge is 2.14. The normalized spacial score (nSPS) is 10.3. The van der Waals surface area contributed by atoms with Gasteiger partial charge in [0.1, 0.15) is 5.82 Å². The molecule has 0 amide bonds. The minimum absolute atomic E-state index is 0.0699. The SMILES string of the molecule is Nc1ccc([N+](=O)[O-])c(NCCCCCCO)n1. The van der Waals surface area contributed by atoms with Crippen molar-refractivity contribution in [2.24, 2.45) is 0 Å². The molecule has 0 bridgehead atoms. The van der Waals surface area contributed by atoms with Crippen LogP contribution in [0.4, 0.5) is 17.3 Å². The molecular weight excluding hydrogens is 236 g/mol. The van der Waals surface area contributed by atoms with Gasteiger partial charge in [-0.1, -0.05) is 12.8 Å². The first-order valence-corrected chi connectivity index (χ1v) is 5.91. The number of aliphatic hydroxyl groups excluding tert-OH is 1. The van der Waals surface area contributed by atoms with Gasteiger partial charge in [0.25, 0.3) is 0 Å². The van der Waals surface area contributed by atoms with Crippen LogP contribution in [0.3, 0.4) is 0 Å². The highest BCUT2D eigenvalue weighted by molar-refractivity contribution is 5.59. The number of anilines is 2. The predicted octanol–water partition coefficient (Wildman–Crippen LogP) is 1.54. The summed E-state index contributed by atoms with van der Waals surface area (Å²) < 4.78 is 0. The van der Waals surface area contributed by atoms with Gasteiger partial charge >= 0.3 is 5.69 Å². The van der Waals surface area contributed by atoms with Gasteiger partial charge in [-0.25, -0.2) is 4.98 Å². The molecule has 0 aromatic carbocycles. The molecule has 0 unspecified atom stereocenters. The summed E-state index contributed by atoms with van der Waals surface area (Å²) in [5, 5.41) is 22.3. The topological polar surface area (TPSA) is 114 Å². The van der Waals surface area contributed by atoms with Crippen molar-refractivity contribution in [3.05, 3.63) is 22.2 Å². The number of nitrogens with one attached hydrogen (secondary N) is 1. The van der Waals surface area contributed by atoms with E-state index in [0.29, 0.717) is 6.54 Å². The molecule has 0 saturated heterocycles. The highest BCUT2D eigenvalue weighted by atomic mass is 16.6. The zero-order valence-electron chi connectivity index (χ0n) is 10.1. The number of rotatable bonds is 8. The Kier molecular flexibility index (Phi) is 5.86. The molecule has 1 rings (SSSR count). The lowest BCUT2D eigenvalue weighted by atomic mass is 10.2.